The zero-order chi connectivity index (χ0) is 24.1. The van der Waals surface area contributed by atoms with Crippen molar-refractivity contribution in [1.82, 2.24) is 10.3 Å². The van der Waals surface area contributed by atoms with Crippen molar-refractivity contribution in [2.45, 2.75) is 12.5 Å². The summed E-state index contributed by atoms with van der Waals surface area (Å²) in [6, 6.07) is 20.5. The van der Waals surface area contributed by atoms with Crippen LogP contribution in [0.4, 0.5) is 5.69 Å². The van der Waals surface area contributed by atoms with E-state index in [2.05, 4.69) is 10.3 Å². The largest absolute Gasteiger partial charge is 0.465 e. The number of hydrogen-bond donors (Lipinski definition) is 1. The van der Waals surface area contributed by atoms with Gasteiger partial charge >= 0.3 is 5.97 Å². The number of esters is 1. The number of amides is 2. The Morgan fingerprint density at radius 1 is 1.00 bits per heavy atom. The topological polar surface area (TPSA) is 88.6 Å². The minimum atomic E-state index is -0.826. The lowest BCUT2D eigenvalue weighted by Gasteiger charge is -2.25. The Hall–Kier alpha value is -4.04. The molecule has 4 aromatic rings. The summed E-state index contributed by atoms with van der Waals surface area (Å²) in [7, 11) is 2.96. The molecule has 1 heterocycles. The van der Waals surface area contributed by atoms with Crippen LogP contribution in [0.15, 0.2) is 78.3 Å². The van der Waals surface area contributed by atoms with Crippen LogP contribution in [-0.2, 0) is 16.0 Å². The van der Waals surface area contributed by atoms with Crippen molar-refractivity contribution in [3.63, 3.8) is 0 Å². The summed E-state index contributed by atoms with van der Waals surface area (Å²) in [6.07, 6.45) is 0.311. The number of fused-ring (bicyclic) bond motifs is 1. The predicted octanol–water partition coefficient (Wildman–Crippen LogP) is 4.09. The molecular formula is C26H23N3O4S. The zero-order valence-electron chi connectivity index (χ0n) is 18.7. The van der Waals surface area contributed by atoms with Crippen LogP contribution in [0.3, 0.4) is 0 Å². The highest BCUT2D eigenvalue weighted by Gasteiger charge is 2.26. The summed E-state index contributed by atoms with van der Waals surface area (Å²) in [5.74, 6) is -1.26. The van der Waals surface area contributed by atoms with Crippen LogP contribution in [0.2, 0.25) is 0 Å². The molecule has 172 valence electrons. The first-order valence-electron chi connectivity index (χ1n) is 10.6. The Bertz CT molecular complexity index is 1340. The fourth-order valence-corrected chi connectivity index (χ4v) is 4.27. The molecule has 1 atom stereocenters. The lowest BCUT2D eigenvalue weighted by molar-refractivity contribution is -0.120. The molecule has 0 fully saturated rings. The second-order valence-electron chi connectivity index (χ2n) is 7.69. The molecule has 1 N–H and O–H groups in total. The van der Waals surface area contributed by atoms with Crippen molar-refractivity contribution < 1.29 is 19.1 Å². The first-order chi connectivity index (χ1) is 16.5. The second-order valence-corrected chi connectivity index (χ2v) is 8.58. The number of hydrogen-bond acceptors (Lipinski definition) is 6. The summed E-state index contributed by atoms with van der Waals surface area (Å²) < 4.78 is 5.77. The highest BCUT2D eigenvalue weighted by atomic mass is 32.1. The maximum absolute atomic E-state index is 13.5. The summed E-state index contributed by atoms with van der Waals surface area (Å²) in [4.78, 5) is 44.3. The summed E-state index contributed by atoms with van der Waals surface area (Å²) in [5.41, 5.74) is 4.69. The third kappa shape index (κ3) is 5.13. The lowest BCUT2D eigenvalue weighted by Crippen LogP contribution is -2.48. The van der Waals surface area contributed by atoms with Crippen LogP contribution in [-0.4, -0.2) is 43.0 Å². The van der Waals surface area contributed by atoms with Gasteiger partial charge in [-0.05, 0) is 42.0 Å². The number of methoxy groups -OCH3 is 1. The quantitative estimate of drug-likeness (QED) is 0.409. The molecule has 1 aromatic heterocycles. The Balaban J connectivity index is 1.60. The number of carbonyl (C=O) groups is 3. The normalized spacial score (nSPS) is 11.6. The van der Waals surface area contributed by atoms with Gasteiger partial charge in [-0.3, -0.25) is 9.59 Å². The lowest BCUT2D eigenvalue weighted by atomic mass is 10.0. The van der Waals surface area contributed by atoms with E-state index < -0.39 is 17.9 Å². The molecule has 0 unspecified atom stereocenters. The van der Waals surface area contributed by atoms with Gasteiger partial charge in [-0.15, -0.1) is 11.3 Å². The van der Waals surface area contributed by atoms with Gasteiger partial charge in [-0.1, -0.05) is 36.4 Å². The van der Waals surface area contributed by atoms with E-state index in [0.29, 0.717) is 12.1 Å². The summed E-state index contributed by atoms with van der Waals surface area (Å²) in [5, 5.41) is 2.85. The molecule has 0 saturated heterocycles. The Labute approximate surface area is 201 Å². The molecule has 0 aliphatic carbocycles. The fourth-order valence-electron chi connectivity index (χ4n) is 3.61. The van der Waals surface area contributed by atoms with Gasteiger partial charge in [0, 0.05) is 24.7 Å². The monoisotopic (exact) mass is 473 g/mol. The van der Waals surface area contributed by atoms with E-state index in [-0.39, 0.29) is 17.0 Å². The van der Waals surface area contributed by atoms with E-state index in [1.54, 1.807) is 30.8 Å². The van der Waals surface area contributed by atoms with Crippen LogP contribution in [0, 0.1) is 0 Å². The van der Waals surface area contributed by atoms with E-state index >= 15 is 0 Å². The number of aromatic nitrogens is 1. The van der Waals surface area contributed by atoms with Crippen molar-refractivity contribution >= 4 is 45.0 Å². The summed E-state index contributed by atoms with van der Waals surface area (Å²) >= 11 is 1.53. The molecule has 4 rings (SSSR count). The molecule has 0 radical (unpaired) electrons. The van der Waals surface area contributed by atoms with Gasteiger partial charge in [0.2, 0.25) is 5.91 Å². The maximum Gasteiger partial charge on any atom is 0.337 e. The SMILES string of the molecule is COC(=O)c1cccc(C(=O)N[C@@H](Cc2ccccc2)C(=O)N(C)c2ccc3scnc3c2)c1. The van der Waals surface area contributed by atoms with Gasteiger partial charge in [0.1, 0.15) is 6.04 Å². The molecule has 34 heavy (non-hydrogen) atoms. The molecule has 2 amide bonds. The Kier molecular flexibility index (Phi) is 6.98. The number of anilines is 1. The van der Waals surface area contributed by atoms with Gasteiger partial charge in [0.05, 0.1) is 28.4 Å². The molecule has 7 nitrogen and oxygen atoms in total. The van der Waals surface area contributed by atoms with Gasteiger partial charge in [-0.25, -0.2) is 9.78 Å². The number of carbonyl (C=O) groups excluding carboxylic acids is 3. The minimum Gasteiger partial charge on any atom is -0.465 e. The van der Waals surface area contributed by atoms with Crippen LogP contribution < -0.4 is 10.2 Å². The molecule has 0 saturated carbocycles. The number of benzene rings is 3. The molecule has 0 aliphatic rings. The first-order valence-corrected chi connectivity index (χ1v) is 11.5. The number of likely N-dealkylation sites (N-methyl/N-ethyl adjacent to an activating group) is 1. The zero-order valence-corrected chi connectivity index (χ0v) is 19.5. The highest BCUT2D eigenvalue weighted by molar-refractivity contribution is 7.16. The van der Waals surface area contributed by atoms with Crippen LogP contribution in [0.1, 0.15) is 26.3 Å². The maximum atomic E-state index is 13.5. The molecule has 0 bridgehead atoms. The molecular weight excluding hydrogens is 450 g/mol. The van der Waals surface area contributed by atoms with E-state index in [0.717, 1.165) is 15.8 Å². The van der Waals surface area contributed by atoms with Crippen LogP contribution in [0.5, 0.6) is 0 Å². The van der Waals surface area contributed by atoms with Crippen molar-refractivity contribution in [2.75, 3.05) is 19.1 Å². The Morgan fingerprint density at radius 2 is 1.76 bits per heavy atom. The van der Waals surface area contributed by atoms with E-state index in [9.17, 15) is 14.4 Å². The van der Waals surface area contributed by atoms with Crippen LogP contribution >= 0.6 is 11.3 Å². The van der Waals surface area contributed by atoms with E-state index in [1.807, 2.05) is 48.5 Å². The molecule has 3 aromatic carbocycles. The third-order valence-corrected chi connectivity index (χ3v) is 6.27. The van der Waals surface area contributed by atoms with Gasteiger partial charge in [0.25, 0.3) is 5.91 Å². The fraction of sp³-hybridized carbons (Fsp3) is 0.154. The number of ether oxygens (including phenoxy) is 1. The molecule has 8 heteroatoms. The predicted molar refractivity (Wildman–Crippen MR) is 132 cm³/mol. The van der Waals surface area contributed by atoms with Crippen LogP contribution in [0.25, 0.3) is 10.2 Å². The molecule has 0 aliphatic heterocycles. The minimum absolute atomic E-state index is 0.259. The number of rotatable bonds is 7. The summed E-state index contributed by atoms with van der Waals surface area (Å²) in [6.45, 7) is 0. The second kappa shape index (κ2) is 10.3. The van der Waals surface area contributed by atoms with Crippen molar-refractivity contribution in [1.29, 1.82) is 0 Å². The molecule has 0 spiro atoms. The van der Waals surface area contributed by atoms with Gasteiger partial charge in [-0.2, -0.15) is 0 Å². The first kappa shape index (κ1) is 23.1. The van der Waals surface area contributed by atoms with Gasteiger partial charge < -0.3 is 15.0 Å². The highest BCUT2D eigenvalue weighted by Crippen LogP contribution is 2.24. The van der Waals surface area contributed by atoms with Crippen molar-refractivity contribution in [3.8, 4) is 0 Å². The van der Waals surface area contributed by atoms with E-state index in [1.165, 1.54) is 29.4 Å². The number of nitrogens with zero attached hydrogens (tertiary/aromatic N) is 2. The van der Waals surface area contributed by atoms with E-state index in [4.69, 9.17) is 4.74 Å². The van der Waals surface area contributed by atoms with Crippen molar-refractivity contribution in [2.24, 2.45) is 0 Å². The average Bonchev–Trinajstić information content (AvgIpc) is 3.35. The average molecular weight is 474 g/mol. The van der Waals surface area contributed by atoms with Crippen molar-refractivity contribution in [3.05, 3.63) is 95.0 Å². The third-order valence-electron chi connectivity index (χ3n) is 5.46. The van der Waals surface area contributed by atoms with Gasteiger partial charge in [0.15, 0.2) is 0 Å². The number of thiazole rings is 1. The standard InChI is InChI=1S/C26H23N3O4S/c1-29(20-11-12-23-21(15-20)27-16-34-23)25(31)22(13-17-7-4-3-5-8-17)28-24(30)18-9-6-10-19(14-18)26(32)33-2/h3-12,14-16,22H,13H2,1-2H3,(H,28,30)/t22-/m0/s1. The Morgan fingerprint density at radius 3 is 2.53 bits per heavy atom. The smallest absolute Gasteiger partial charge is 0.337 e. The number of nitrogens with one attached hydrogen (secondary N) is 1.